The number of benzene rings is 1. The lowest BCUT2D eigenvalue weighted by Gasteiger charge is -2.44. The van der Waals surface area contributed by atoms with Crippen LogP contribution < -0.4 is 5.32 Å². The van der Waals surface area contributed by atoms with Gasteiger partial charge in [0, 0.05) is 16.0 Å². The van der Waals surface area contributed by atoms with Gasteiger partial charge in [-0.2, -0.15) is 0 Å². The number of hydrogen-bond acceptors (Lipinski definition) is 2. The first-order valence-corrected chi connectivity index (χ1v) is 9.44. The van der Waals surface area contributed by atoms with Gasteiger partial charge in [-0.25, -0.2) is 0 Å². The lowest BCUT2D eigenvalue weighted by atomic mass is 9.73. The topological polar surface area (TPSA) is 29.1 Å². The van der Waals surface area contributed by atoms with Crippen molar-refractivity contribution in [3.63, 3.8) is 0 Å². The van der Waals surface area contributed by atoms with Crippen LogP contribution in [0, 0.1) is 5.41 Å². The van der Waals surface area contributed by atoms with Crippen LogP contribution in [0.4, 0.5) is 0 Å². The minimum Gasteiger partial charge on any atom is -0.312 e. The molecular weight excluding hydrogens is 302 g/mol. The molecule has 3 unspecified atom stereocenters. The van der Waals surface area contributed by atoms with Crippen LogP contribution in [0.25, 0.3) is 0 Å². The van der Waals surface area contributed by atoms with E-state index in [0.29, 0.717) is 11.1 Å². The Hall–Kier alpha value is -0.380. The molecule has 3 atom stereocenters. The zero-order valence-electron chi connectivity index (χ0n) is 13.2. The molecule has 0 aromatic heterocycles. The van der Waals surface area contributed by atoms with E-state index in [2.05, 4.69) is 26.1 Å². The summed E-state index contributed by atoms with van der Waals surface area (Å²) < 4.78 is 13.0. The molecule has 0 heterocycles. The molecule has 1 saturated carbocycles. The van der Waals surface area contributed by atoms with Crippen LogP contribution in [-0.2, 0) is 10.8 Å². The van der Waals surface area contributed by atoms with Crippen LogP contribution >= 0.6 is 11.6 Å². The standard InChI is InChI=1S/C17H26ClNOS/c1-4-11-19-16-15(9-6-10-17(16,2)3)21(20)14-8-5-7-13(18)12-14/h5,7-8,12,15-16,19H,4,6,9-11H2,1-3H3. The lowest BCUT2D eigenvalue weighted by Crippen LogP contribution is -2.54. The summed E-state index contributed by atoms with van der Waals surface area (Å²) in [6.45, 7) is 7.74. The van der Waals surface area contributed by atoms with Crippen molar-refractivity contribution in [1.29, 1.82) is 0 Å². The van der Waals surface area contributed by atoms with Crippen LogP contribution in [0.2, 0.25) is 5.02 Å². The van der Waals surface area contributed by atoms with Crippen LogP contribution in [0.15, 0.2) is 29.2 Å². The second kappa shape index (κ2) is 7.26. The average molecular weight is 328 g/mol. The molecule has 1 fully saturated rings. The van der Waals surface area contributed by atoms with E-state index < -0.39 is 10.8 Å². The fourth-order valence-electron chi connectivity index (χ4n) is 3.29. The first kappa shape index (κ1) is 17.0. The normalized spacial score (nSPS) is 26.5. The lowest BCUT2D eigenvalue weighted by molar-refractivity contribution is 0.173. The molecule has 1 aromatic rings. The maximum atomic E-state index is 13.0. The Morgan fingerprint density at radius 1 is 1.43 bits per heavy atom. The summed E-state index contributed by atoms with van der Waals surface area (Å²) >= 11 is 6.05. The molecule has 0 spiro atoms. The number of nitrogens with one attached hydrogen (secondary N) is 1. The van der Waals surface area contributed by atoms with Gasteiger partial charge < -0.3 is 5.32 Å². The van der Waals surface area contributed by atoms with Gasteiger partial charge >= 0.3 is 0 Å². The van der Waals surface area contributed by atoms with Crippen molar-refractivity contribution in [2.45, 2.75) is 62.6 Å². The minimum atomic E-state index is -1.01. The molecule has 0 aliphatic heterocycles. The molecule has 1 aliphatic carbocycles. The molecule has 0 bridgehead atoms. The summed E-state index contributed by atoms with van der Waals surface area (Å²) in [6, 6.07) is 7.79. The molecule has 0 radical (unpaired) electrons. The number of rotatable bonds is 5. The molecule has 1 aromatic carbocycles. The fourth-order valence-corrected chi connectivity index (χ4v) is 5.44. The van der Waals surface area contributed by atoms with Gasteiger partial charge in [-0.3, -0.25) is 4.21 Å². The third-order valence-corrected chi connectivity index (χ3v) is 6.45. The smallest absolute Gasteiger partial charge is 0.0577 e. The van der Waals surface area contributed by atoms with Gasteiger partial charge in [0.2, 0.25) is 0 Å². The molecule has 118 valence electrons. The quantitative estimate of drug-likeness (QED) is 0.868. The van der Waals surface area contributed by atoms with Crippen LogP contribution in [0.1, 0.15) is 46.5 Å². The summed E-state index contributed by atoms with van der Waals surface area (Å²) in [6.07, 6.45) is 4.46. The Labute approximate surface area is 136 Å². The summed E-state index contributed by atoms with van der Waals surface area (Å²) in [5, 5.41) is 4.48. The Bertz CT molecular complexity index is 503. The number of halogens is 1. The molecule has 1 N–H and O–H groups in total. The van der Waals surface area contributed by atoms with Crippen LogP contribution in [-0.4, -0.2) is 22.0 Å². The SMILES string of the molecule is CCCNC1C(S(=O)c2cccc(Cl)c2)CCCC1(C)C. The van der Waals surface area contributed by atoms with Crippen LogP contribution in [0.5, 0.6) is 0 Å². The van der Waals surface area contributed by atoms with Crippen molar-refractivity contribution in [2.75, 3.05) is 6.54 Å². The van der Waals surface area contributed by atoms with Crippen molar-refractivity contribution in [3.8, 4) is 0 Å². The molecule has 2 nitrogen and oxygen atoms in total. The Kier molecular flexibility index (Phi) is 5.87. The Morgan fingerprint density at radius 2 is 2.19 bits per heavy atom. The predicted octanol–water partition coefficient (Wildman–Crippen LogP) is 4.39. The van der Waals surface area contributed by atoms with Crippen molar-refractivity contribution < 1.29 is 4.21 Å². The van der Waals surface area contributed by atoms with E-state index in [0.717, 1.165) is 30.7 Å². The highest BCUT2D eigenvalue weighted by Crippen LogP contribution is 2.39. The van der Waals surface area contributed by atoms with E-state index >= 15 is 0 Å². The second-order valence-electron chi connectivity index (χ2n) is 6.61. The molecule has 4 heteroatoms. The van der Waals surface area contributed by atoms with E-state index in [4.69, 9.17) is 11.6 Å². The molecule has 21 heavy (non-hydrogen) atoms. The first-order valence-electron chi connectivity index (χ1n) is 7.85. The van der Waals surface area contributed by atoms with Gasteiger partial charge in [-0.05, 0) is 49.4 Å². The Morgan fingerprint density at radius 3 is 2.86 bits per heavy atom. The third-order valence-electron chi connectivity index (χ3n) is 4.44. The van der Waals surface area contributed by atoms with Gasteiger partial charge in [0.25, 0.3) is 0 Å². The maximum absolute atomic E-state index is 13.0. The molecular formula is C17H26ClNOS. The summed E-state index contributed by atoms with van der Waals surface area (Å²) in [7, 11) is -1.01. The Balaban J connectivity index is 2.23. The summed E-state index contributed by atoms with van der Waals surface area (Å²) in [4.78, 5) is 0.855. The van der Waals surface area contributed by atoms with Gasteiger partial charge in [-0.1, -0.05) is 44.9 Å². The van der Waals surface area contributed by atoms with E-state index in [-0.39, 0.29) is 10.7 Å². The van der Waals surface area contributed by atoms with E-state index in [9.17, 15) is 4.21 Å². The van der Waals surface area contributed by atoms with Gasteiger partial charge in [0.15, 0.2) is 0 Å². The minimum absolute atomic E-state index is 0.166. The monoisotopic (exact) mass is 327 g/mol. The predicted molar refractivity (Wildman–Crippen MR) is 91.4 cm³/mol. The van der Waals surface area contributed by atoms with Crippen molar-refractivity contribution >= 4 is 22.4 Å². The molecule has 1 aliphatic rings. The summed E-state index contributed by atoms with van der Waals surface area (Å²) in [5.74, 6) is 0. The van der Waals surface area contributed by atoms with Gasteiger partial charge in [0.1, 0.15) is 0 Å². The number of hydrogen-bond donors (Lipinski definition) is 1. The van der Waals surface area contributed by atoms with Gasteiger partial charge in [-0.15, -0.1) is 0 Å². The highest BCUT2D eigenvalue weighted by Gasteiger charge is 2.41. The highest BCUT2D eigenvalue weighted by atomic mass is 35.5. The van der Waals surface area contributed by atoms with E-state index in [1.807, 2.05) is 24.3 Å². The first-order chi connectivity index (χ1) is 9.95. The van der Waals surface area contributed by atoms with Crippen molar-refractivity contribution in [3.05, 3.63) is 29.3 Å². The van der Waals surface area contributed by atoms with Gasteiger partial charge in [0.05, 0.1) is 16.0 Å². The maximum Gasteiger partial charge on any atom is 0.0577 e. The third kappa shape index (κ3) is 4.08. The summed E-state index contributed by atoms with van der Waals surface area (Å²) in [5.41, 5.74) is 0.187. The largest absolute Gasteiger partial charge is 0.312 e. The van der Waals surface area contributed by atoms with E-state index in [1.54, 1.807) is 0 Å². The van der Waals surface area contributed by atoms with Crippen molar-refractivity contribution in [1.82, 2.24) is 5.32 Å². The molecule has 2 rings (SSSR count). The van der Waals surface area contributed by atoms with E-state index in [1.165, 1.54) is 6.42 Å². The highest BCUT2D eigenvalue weighted by molar-refractivity contribution is 7.85. The van der Waals surface area contributed by atoms with Crippen molar-refractivity contribution in [2.24, 2.45) is 5.41 Å². The van der Waals surface area contributed by atoms with Crippen LogP contribution in [0.3, 0.4) is 0 Å². The fraction of sp³-hybridized carbons (Fsp3) is 0.647. The zero-order chi connectivity index (χ0) is 15.5. The average Bonchev–Trinajstić information content (AvgIpc) is 2.44. The zero-order valence-corrected chi connectivity index (χ0v) is 14.8. The molecule has 0 saturated heterocycles. The second-order valence-corrected chi connectivity index (χ2v) is 8.71. The molecule has 0 amide bonds.